The minimum atomic E-state index is -1.58. The highest BCUT2D eigenvalue weighted by molar-refractivity contribution is 5.99. The quantitative estimate of drug-likeness (QED) is 0.0360. The number of fused-ring (bicyclic) bond motifs is 1. The second-order valence-electron chi connectivity index (χ2n) is 19.0. The Morgan fingerprint density at radius 1 is 0.803 bits per heavy atom. The smallest absolute Gasteiger partial charge is 0.245 e. The van der Waals surface area contributed by atoms with Gasteiger partial charge in [-0.2, -0.15) is 0 Å². The first-order chi connectivity index (χ1) is 36.4. The molecule has 2 aromatic carbocycles. The molecular weight excluding hydrogens is 979 g/mol. The van der Waals surface area contributed by atoms with Crippen molar-refractivity contribution in [1.29, 1.82) is 0 Å². The number of guanidine groups is 1. The minimum absolute atomic E-state index is 0.0442. The molecule has 0 unspecified atom stereocenters. The summed E-state index contributed by atoms with van der Waals surface area (Å²) in [5.74, 6) is -6.79. The molecule has 76 heavy (non-hydrogen) atoms. The summed E-state index contributed by atoms with van der Waals surface area (Å²) in [6.07, 6.45) is 5.88. The number of aromatic nitrogens is 3. The Bertz CT molecular complexity index is 2660. The number of nitrogens with one attached hydrogen (secondary N) is 8. The van der Waals surface area contributed by atoms with Gasteiger partial charge in [0.05, 0.1) is 12.7 Å². The van der Waals surface area contributed by atoms with Crippen molar-refractivity contribution in [2.45, 2.75) is 133 Å². The molecule has 0 aliphatic carbocycles. The second kappa shape index (κ2) is 29.0. The topological polar surface area (TPSA) is 367 Å². The van der Waals surface area contributed by atoms with Crippen LogP contribution in [0.4, 0.5) is 0 Å². The summed E-state index contributed by atoms with van der Waals surface area (Å²) >= 11 is 0. The van der Waals surface area contributed by atoms with E-state index < -0.39 is 102 Å². The maximum atomic E-state index is 15.0. The number of unbranched alkanes of at least 4 members (excludes halogenated alkanes) is 1. The van der Waals surface area contributed by atoms with E-state index in [1.54, 1.807) is 36.5 Å². The van der Waals surface area contributed by atoms with Gasteiger partial charge in [0, 0.05) is 82.4 Å². The Hall–Kier alpha value is -8.31. The molecule has 5 rings (SSSR count). The fourth-order valence-corrected chi connectivity index (χ4v) is 9.04. The Labute approximate surface area is 441 Å². The van der Waals surface area contributed by atoms with Crippen molar-refractivity contribution in [3.63, 3.8) is 0 Å². The lowest BCUT2D eigenvalue weighted by Crippen LogP contribution is -2.61. The van der Waals surface area contributed by atoms with Crippen LogP contribution in [0, 0.1) is 0 Å². The fraction of sp³-hybridized carbons (Fsp3) is 0.481. The Balaban J connectivity index is 1.60. The molecule has 4 aromatic rings. The van der Waals surface area contributed by atoms with E-state index in [9.17, 15) is 38.4 Å². The lowest BCUT2D eigenvalue weighted by molar-refractivity contribution is -0.143. The number of hydrogen-bond acceptors (Lipinski definition) is 11. The van der Waals surface area contributed by atoms with Crippen molar-refractivity contribution in [2.75, 3.05) is 27.2 Å². The molecule has 0 bridgehead atoms. The van der Waals surface area contributed by atoms with E-state index in [0.29, 0.717) is 29.7 Å². The summed E-state index contributed by atoms with van der Waals surface area (Å²) in [5, 5.41) is 17.2. The molecule has 410 valence electrons. The third kappa shape index (κ3) is 17.4. The summed E-state index contributed by atoms with van der Waals surface area (Å²) < 4.78 is 0. The number of carbonyl (C=O) groups excluding carboxylic acids is 9. The summed E-state index contributed by atoms with van der Waals surface area (Å²) in [5.41, 5.74) is 19.6. The molecule has 1 aliphatic heterocycles. The molecule has 2 aromatic heterocycles. The van der Waals surface area contributed by atoms with Crippen LogP contribution in [-0.2, 0) is 62.4 Å². The normalized spacial score (nSPS) is 21.4. The first kappa shape index (κ1) is 58.6. The van der Waals surface area contributed by atoms with E-state index in [2.05, 4.69) is 51.8 Å². The molecule has 0 saturated carbocycles. The van der Waals surface area contributed by atoms with Crippen LogP contribution in [-0.4, -0.2) is 153 Å². The zero-order valence-electron chi connectivity index (χ0n) is 43.6. The number of para-hydroxylation sites is 1. The van der Waals surface area contributed by atoms with E-state index in [-0.39, 0.29) is 76.8 Å². The molecule has 1 aliphatic rings. The highest BCUT2D eigenvalue weighted by Gasteiger charge is 2.38. The third-order valence-corrected chi connectivity index (χ3v) is 13.2. The molecule has 7 atom stereocenters. The van der Waals surface area contributed by atoms with Gasteiger partial charge in [-0.3, -0.25) is 48.1 Å². The number of hydrogen-bond donors (Lipinski definition) is 11. The molecule has 0 radical (unpaired) electrons. The van der Waals surface area contributed by atoms with Crippen LogP contribution in [0.15, 0.2) is 78.3 Å². The monoisotopic (exact) mass is 1050 g/mol. The summed E-state index contributed by atoms with van der Waals surface area (Å²) in [7, 11) is 2.78. The van der Waals surface area contributed by atoms with Gasteiger partial charge in [-0.15, -0.1) is 0 Å². The number of aliphatic imine (C=N–C) groups is 1. The van der Waals surface area contributed by atoms with Gasteiger partial charge in [0.25, 0.3) is 0 Å². The molecule has 9 amide bonds. The number of carbonyl (C=O) groups is 9. The Morgan fingerprint density at radius 2 is 1.49 bits per heavy atom. The number of primary amides is 1. The second-order valence-corrected chi connectivity index (χ2v) is 19.0. The van der Waals surface area contributed by atoms with Gasteiger partial charge in [0.15, 0.2) is 5.96 Å². The van der Waals surface area contributed by atoms with Gasteiger partial charge in [-0.1, -0.05) is 68.3 Å². The summed E-state index contributed by atoms with van der Waals surface area (Å²) in [6, 6.07) is 6.94. The molecule has 1 saturated heterocycles. The highest BCUT2D eigenvalue weighted by Crippen LogP contribution is 2.21. The average molecular weight is 1050 g/mol. The molecule has 14 N–H and O–H groups in total. The van der Waals surface area contributed by atoms with E-state index in [1.165, 1.54) is 38.4 Å². The number of nitrogens with two attached hydrogens (primary N) is 3. The number of imidazole rings is 1. The van der Waals surface area contributed by atoms with Gasteiger partial charge in [-0.25, -0.2) is 4.98 Å². The molecule has 24 heteroatoms. The summed E-state index contributed by atoms with van der Waals surface area (Å²) in [6.45, 7) is 3.27. The van der Waals surface area contributed by atoms with Crippen molar-refractivity contribution >= 4 is 70.0 Å². The van der Waals surface area contributed by atoms with Crippen molar-refractivity contribution in [1.82, 2.24) is 56.7 Å². The van der Waals surface area contributed by atoms with Crippen LogP contribution in [0.5, 0.6) is 0 Å². The zero-order chi connectivity index (χ0) is 55.3. The van der Waals surface area contributed by atoms with Gasteiger partial charge in [0.2, 0.25) is 53.2 Å². The Morgan fingerprint density at radius 3 is 2.17 bits per heavy atom. The van der Waals surface area contributed by atoms with Crippen LogP contribution in [0.2, 0.25) is 0 Å². The lowest BCUT2D eigenvalue weighted by Gasteiger charge is -2.33. The van der Waals surface area contributed by atoms with Crippen molar-refractivity contribution in [3.8, 4) is 0 Å². The van der Waals surface area contributed by atoms with Crippen LogP contribution in [0.1, 0.15) is 88.5 Å². The predicted octanol–water partition coefficient (Wildman–Crippen LogP) is -0.564. The van der Waals surface area contributed by atoms with Gasteiger partial charge in [0.1, 0.15) is 42.3 Å². The molecule has 0 spiro atoms. The van der Waals surface area contributed by atoms with Gasteiger partial charge >= 0.3 is 0 Å². The van der Waals surface area contributed by atoms with Crippen molar-refractivity contribution in [3.05, 3.63) is 90.1 Å². The first-order valence-electron chi connectivity index (χ1n) is 25.6. The maximum absolute atomic E-state index is 15.0. The van der Waals surface area contributed by atoms with Crippen LogP contribution >= 0.6 is 0 Å². The van der Waals surface area contributed by atoms with Crippen molar-refractivity contribution in [2.24, 2.45) is 22.2 Å². The van der Waals surface area contributed by atoms with E-state index in [0.717, 1.165) is 15.8 Å². The Kier molecular flexibility index (Phi) is 22.3. The molecular formula is C52H73N15O9. The number of benzene rings is 2. The van der Waals surface area contributed by atoms with E-state index >= 15 is 4.79 Å². The maximum Gasteiger partial charge on any atom is 0.245 e. The molecule has 1 fully saturated rings. The van der Waals surface area contributed by atoms with Crippen LogP contribution < -0.4 is 49.1 Å². The number of rotatable bonds is 17. The molecule has 24 nitrogen and oxygen atoms in total. The third-order valence-electron chi connectivity index (χ3n) is 13.2. The fourth-order valence-electron chi connectivity index (χ4n) is 9.04. The standard InChI is InChI=1S/C52H73N15O9/c1-5-6-18-37(61-31(2)68)46(71)63-39-27-44(69)57-22-13-12-21-42(45(53)70)66(3)50(75)40(25-33-28-59-36-19-11-10-17-35(33)36)64-47(72)38(20-14-23-58-52(54)55)62-49(74)43(24-32-15-8-7-9-16-32)67(4)51(76)41(65-48(39)73)26-34-29-56-30-60-34/h7-11,15-17,19,28-30,37-43,59H,5-6,12-14,18,20-27H2,1-4H3,(H2,53,70)(H,56,60)(H,57,69)(H,61,68)(H,62,74)(H,63,71)(H,64,72)(H,65,73)(H4,54,55,58)/t37-,38-,39-,40-,41-,42-,43+/m0/s1. The number of likely N-dealkylation sites (N-methyl/N-ethyl adjacent to an activating group) is 2. The average Bonchev–Trinajstić information content (AvgIpc) is 4.07. The van der Waals surface area contributed by atoms with E-state index in [1.807, 2.05) is 31.2 Å². The zero-order valence-corrected chi connectivity index (χ0v) is 43.6. The number of aromatic amines is 2. The minimum Gasteiger partial charge on any atom is -0.370 e. The predicted molar refractivity (Wildman–Crippen MR) is 283 cm³/mol. The number of H-pyrrole nitrogens is 2. The van der Waals surface area contributed by atoms with Gasteiger partial charge < -0.3 is 68.9 Å². The SMILES string of the molecule is CCCC[C@H](NC(C)=O)C(=O)N[C@H]1CC(=O)NCCCC[C@@H](C(N)=O)N(C)C(=O)[C@H](Cc2c[nH]c3ccccc23)NC(=O)[C@H](CCCN=C(N)N)NC(=O)[C@@H](Cc2ccccc2)N(C)C(=O)[C@H](Cc2cnc[nH]2)NC1=O. The largest absolute Gasteiger partial charge is 0.370 e. The molecule has 3 heterocycles. The first-order valence-corrected chi connectivity index (χ1v) is 25.6. The number of amides is 9. The van der Waals surface area contributed by atoms with Crippen LogP contribution in [0.25, 0.3) is 10.9 Å². The highest BCUT2D eigenvalue weighted by atomic mass is 16.2. The van der Waals surface area contributed by atoms with Crippen LogP contribution in [0.3, 0.4) is 0 Å². The van der Waals surface area contributed by atoms with Gasteiger partial charge in [-0.05, 0) is 55.7 Å². The lowest BCUT2D eigenvalue weighted by atomic mass is 10.00. The van der Waals surface area contributed by atoms with E-state index in [4.69, 9.17) is 17.2 Å². The number of nitrogens with zero attached hydrogens (tertiary/aromatic N) is 4. The van der Waals surface area contributed by atoms with Crippen molar-refractivity contribution < 1.29 is 43.2 Å². The summed E-state index contributed by atoms with van der Waals surface area (Å²) in [4.78, 5) is 143.